The SMILES string of the molecule is CC1CCC(CCNCc2ccsc2)CC1. The summed E-state index contributed by atoms with van der Waals surface area (Å²) in [5.41, 5.74) is 1.43. The molecule has 1 aliphatic carbocycles. The summed E-state index contributed by atoms with van der Waals surface area (Å²) in [5.74, 6) is 1.97. The van der Waals surface area contributed by atoms with Gasteiger partial charge in [0.25, 0.3) is 0 Å². The zero-order valence-electron chi connectivity index (χ0n) is 10.2. The third-order valence-electron chi connectivity index (χ3n) is 3.77. The molecule has 2 rings (SSSR count). The molecule has 16 heavy (non-hydrogen) atoms. The molecule has 1 nitrogen and oxygen atoms in total. The Bertz CT molecular complexity index is 273. The molecular weight excluding hydrogens is 214 g/mol. The van der Waals surface area contributed by atoms with Crippen molar-refractivity contribution in [3.63, 3.8) is 0 Å². The Hall–Kier alpha value is -0.340. The van der Waals surface area contributed by atoms with Gasteiger partial charge in [-0.05, 0) is 47.2 Å². The van der Waals surface area contributed by atoms with Gasteiger partial charge >= 0.3 is 0 Å². The fraction of sp³-hybridized carbons (Fsp3) is 0.714. The molecule has 1 saturated carbocycles. The van der Waals surface area contributed by atoms with Crippen LogP contribution in [0.15, 0.2) is 16.8 Å². The van der Waals surface area contributed by atoms with E-state index in [9.17, 15) is 0 Å². The van der Waals surface area contributed by atoms with Crippen LogP contribution in [0, 0.1) is 11.8 Å². The molecule has 0 atom stereocenters. The highest BCUT2D eigenvalue weighted by atomic mass is 32.1. The maximum atomic E-state index is 3.55. The van der Waals surface area contributed by atoms with Gasteiger partial charge in [-0.3, -0.25) is 0 Å². The van der Waals surface area contributed by atoms with Crippen molar-refractivity contribution in [2.24, 2.45) is 11.8 Å². The van der Waals surface area contributed by atoms with Crippen molar-refractivity contribution < 1.29 is 0 Å². The molecule has 0 unspecified atom stereocenters. The summed E-state index contributed by atoms with van der Waals surface area (Å²) in [4.78, 5) is 0. The molecule has 0 radical (unpaired) electrons. The summed E-state index contributed by atoms with van der Waals surface area (Å²) in [6.45, 7) is 4.63. The van der Waals surface area contributed by atoms with E-state index in [4.69, 9.17) is 0 Å². The average molecular weight is 237 g/mol. The van der Waals surface area contributed by atoms with Crippen LogP contribution in [-0.2, 0) is 6.54 Å². The maximum absolute atomic E-state index is 3.55. The first kappa shape index (κ1) is 12.1. The van der Waals surface area contributed by atoms with Crippen LogP contribution in [0.1, 0.15) is 44.6 Å². The lowest BCUT2D eigenvalue weighted by molar-refractivity contribution is 0.275. The lowest BCUT2D eigenvalue weighted by Crippen LogP contribution is -2.20. The van der Waals surface area contributed by atoms with E-state index >= 15 is 0 Å². The van der Waals surface area contributed by atoms with Crippen LogP contribution >= 0.6 is 11.3 Å². The van der Waals surface area contributed by atoms with E-state index in [0.717, 1.165) is 18.4 Å². The molecule has 90 valence electrons. The number of thiophene rings is 1. The van der Waals surface area contributed by atoms with Gasteiger partial charge in [0, 0.05) is 6.54 Å². The van der Waals surface area contributed by atoms with E-state index in [-0.39, 0.29) is 0 Å². The summed E-state index contributed by atoms with van der Waals surface area (Å²) >= 11 is 1.79. The number of hydrogen-bond acceptors (Lipinski definition) is 2. The van der Waals surface area contributed by atoms with Crippen molar-refractivity contribution in [1.82, 2.24) is 5.32 Å². The van der Waals surface area contributed by atoms with Gasteiger partial charge in [-0.1, -0.05) is 32.6 Å². The lowest BCUT2D eigenvalue weighted by Gasteiger charge is -2.26. The first-order chi connectivity index (χ1) is 7.84. The Labute approximate surface area is 103 Å². The summed E-state index contributed by atoms with van der Waals surface area (Å²) in [6, 6.07) is 2.21. The summed E-state index contributed by atoms with van der Waals surface area (Å²) in [7, 11) is 0. The van der Waals surface area contributed by atoms with Gasteiger partial charge in [-0.15, -0.1) is 0 Å². The Balaban J connectivity index is 1.55. The van der Waals surface area contributed by atoms with Gasteiger partial charge in [-0.2, -0.15) is 11.3 Å². The van der Waals surface area contributed by atoms with Crippen molar-refractivity contribution in [2.45, 2.75) is 45.6 Å². The molecule has 0 spiro atoms. The lowest BCUT2D eigenvalue weighted by atomic mass is 9.81. The second kappa shape index (κ2) is 6.41. The summed E-state index contributed by atoms with van der Waals surface area (Å²) in [5, 5.41) is 7.94. The highest BCUT2D eigenvalue weighted by Gasteiger charge is 2.17. The molecular formula is C14H23NS. The third kappa shape index (κ3) is 3.91. The average Bonchev–Trinajstić information content (AvgIpc) is 2.80. The van der Waals surface area contributed by atoms with Crippen LogP contribution in [0.4, 0.5) is 0 Å². The van der Waals surface area contributed by atoms with Crippen LogP contribution in [-0.4, -0.2) is 6.54 Å². The minimum atomic E-state index is 0.981. The van der Waals surface area contributed by atoms with Gasteiger partial charge in [0.2, 0.25) is 0 Å². The monoisotopic (exact) mass is 237 g/mol. The van der Waals surface area contributed by atoms with Gasteiger partial charge in [0.15, 0.2) is 0 Å². The van der Waals surface area contributed by atoms with Gasteiger partial charge in [0.1, 0.15) is 0 Å². The minimum absolute atomic E-state index is 0.981. The number of rotatable bonds is 5. The first-order valence-electron chi connectivity index (χ1n) is 6.56. The van der Waals surface area contributed by atoms with Crippen LogP contribution in [0.5, 0.6) is 0 Å². The molecule has 1 aromatic heterocycles. The van der Waals surface area contributed by atoms with Crippen LogP contribution in [0.3, 0.4) is 0 Å². The van der Waals surface area contributed by atoms with Gasteiger partial charge in [-0.25, -0.2) is 0 Å². The molecule has 0 bridgehead atoms. The predicted octanol–water partition coefficient (Wildman–Crippen LogP) is 4.05. The highest BCUT2D eigenvalue weighted by Crippen LogP contribution is 2.29. The summed E-state index contributed by atoms with van der Waals surface area (Å²) < 4.78 is 0. The van der Waals surface area contributed by atoms with Crippen LogP contribution < -0.4 is 5.32 Å². The third-order valence-corrected chi connectivity index (χ3v) is 4.51. The zero-order valence-corrected chi connectivity index (χ0v) is 11.1. The normalized spacial score (nSPS) is 25.8. The van der Waals surface area contributed by atoms with Crippen molar-refractivity contribution >= 4 is 11.3 Å². The molecule has 0 aromatic carbocycles. The van der Waals surface area contributed by atoms with Crippen molar-refractivity contribution in [1.29, 1.82) is 0 Å². The number of nitrogens with one attached hydrogen (secondary N) is 1. The molecule has 1 heterocycles. The Morgan fingerprint density at radius 2 is 2.12 bits per heavy atom. The van der Waals surface area contributed by atoms with E-state index in [0.29, 0.717) is 0 Å². The van der Waals surface area contributed by atoms with Crippen LogP contribution in [0.25, 0.3) is 0 Å². The van der Waals surface area contributed by atoms with E-state index in [1.54, 1.807) is 11.3 Å². The van der Waals surface area contributed by atoms with Crippen LogP contribution in [0.2, 0.25) is 0 Å². The highest BCUT2D eigenvalue weighted by molar-refractivity contribution is 7.07. The predicted molar refractivity (Wildman–Crippen MR) is 71.8 cm³/mol. The molecule has 0 aliphatic heterocycles. The number of hydrogen-bond donors (Lipinski definition) is 1. The fourth-order valence-corrected chi connectivity index (χ4v) is 3.22. The second-order valence-corrected chi connectivity index (χ2v) is 6.00. The van der Waals surface area contributed by atoms with E-state index in [1.807, 2.05) is 0 Å². The van der Waals surface area contributed by atoms with Gasteiger partial charge in [0.05, 0.1) is 0 Å². The van der Waals surface area contributed by atoms with Crippen molar-refractivity contribution in [3.05, 3.63) is 22.4 Å². The Morgan fingerprint density at radius 1 is 1.31 bits per heavy atom. The minimum Gasteiger partial charge on any atom is -0.313 e. The second-order valence-electron chi connectivity index (χ2n) is 5.22. The Morgan fingerprint density at radius 3 is 2.81 bits per heavy atom. The molecule has 1 aromatic rings. The molecule has 1 aliphatic rings. The van der Waals surface area contributed by atoms with Crippen molar-refractivity contribution in [3.8, 4) is 0 Å². The molecule has 1 N–H and O–H groups in total. The quantitative estimate of drug-likeness (QED) is 0.762. The first-order valence-corrected chi connectivity index (χ1v) is 7.50. The van der Waals surface area contributed by atoms with Gasteiger partial charge < -0.3 is 5.32 Å². The Kier molecular flexibility index (Phi) is 4.86. The van der Waals surface area contributed by atoms with E-state index in [2.05, 4.69) is 29.1 Å². The summed E-state index contributed by atoms with van der Waals surface area (Å²) in [6.07, 6.45) is 7.20. The molecule has 0 amide bonds. The zero-order chi connectivity index (χ0) is 11.2. The molecule has 0 saturated heterocycles. The fourth-order valence-electron chi connectivity index (χ4n) is 2.55. The smallest absolute Gasteiger partial charge is 0.0213 e. The molecule has 1 fully saturated rings. The largest absolute Gasteiger partial charge is 0.313 e. The maximum Gasteiger partial charge on any atom is 0.0213 e. The topological polar surface area (TPSA) is 12.0 Å². The van der Waals surface area contributed by atoms with E-state index < -0.39 is 0 Å². The van der Waals surface area contributed by atoms with E-state index in [1.165, 1.54) is 44.2 Å². The standard InChI is InChI=1S/C14H23NS/c1-12-2-4-13(5-3-12)6-8-15-10-14-7-9-16-11-14/h7,9,11-13,15H,2-6,8,10H2,1H3. The molecule has 2 heteroatoms. The van der Waals surface area contributed by atoms with Crippen molar-refractivity contribution in [2.75, 3.05) is 6.54 Å².